The predicted octanol–water partition coefficient (Wildman–Crippen LogP) is 3.19. The van der Waals surface area contributed by atoms with Gasteiger partial charge in [0, 0.05) is 47.5 Å². The summed E-state index contributed by atoms with van der Waals surface area (Å²) in [6.07, 6.45) is 2.14. The van der Waals surface area contributed by atoms with Crippen LogP contribution in [0.5, 0.6) is 23.0 Å². The van der Waals surface area contributed by atoms with E-state index in [4.69, 9.17) is 9.47 Å². The Morgan fingerprint density at radius 2 is 1.71 bits per heavy atom. The number of phenolic OH excluding ortho intramolecular Hbond substituents is 3. The number of aliphatic hydroxyl groups excluding tert-OH is 4. The zero-order chi connectivity index (χ0) is 39.7. The summed E-state index contributed by atoms with van der Waals surface area (Å²) in [5, 5.41) is 84.9. The summed E-state index contributed by atoms with van der Waals surface area (Å²) >= 11 is 0. The fourth-order valence-corrected chi connectivity index (χ4v) is 8.56. The van der Waals surface area contributed by atoms with E-state index in [9.17, 15) is 50.4 Å². The second-order valence-electron chi connectivity index (χ2n) is 14.8. The highest BCUT2D eigenvalue weighted by molar-refractivity contribution is 6.10. The molecule has 1 saturated carbocycles. The number of rotatable bonds is 11. The molecule has 296 valence electrons. The number of aliphatic hydroxyl groups is 4. The number of amides is 1. The summed E-state index contributed by atoms with van der Waals surface area (Å²) in [5.74, 6) is -3.57. The lowest BCUT2D eigenvalue weighted by Crippen LogP contribution is -2.60. The summed E-state index contributed by atoms with van der Waals surface area (Å²) < 4.78 is 11.3. The van der Waals surface area contributed by atoms with E-state index in [-0.39, 0.29) is 29.4 Å². The van der Waals surface area contributed by atoms with E-state index in [0.29, 0.717) is 41.5 Å². The number of aliphatic carboxylic acids is 1. The number of aromatic hydroxyl groups is 3. The van der Waals surface area contributed by atoms with Crippen molar-refractivity contribution in [2.45, 2.75) is 93.0 Å². The van der Waals surface area contributed by atoms with Crippen molar-refractivity contribution in [3.63, 3.8) is 0 Å². The highest BCUT2D eigenvalue weighted by Gasteiger charge is 2.51. The van der Waals surface area contributed by atoms with Gasteiger partial charge < -0.3 is 55.3 Å². The molecule has 1 aromatic heterocycles. The number of ether oxygens (including phenoxy) is 2. The summed E-state index contributed by atoms with van der Waals surface area (Å²) in [6, 6.07) is 12.9. The molecule has 3 heterocycles. The summed E-state index contributed by atoms with van der Waals surface area (Å²) in [6.45, 7) is -0.720. The smallest absolute Gasteiger partial charge is 0.327 e. The van der Waals surface area contributed by atoms with Crippen LogP contribution in [-0.4, -0.2) is 106 Å². The third kappa shape index (κ3) is 7.43. The molecule has 7 atom stereocenters. The molecule has 2 aliphatic heterocycles. The van der Waals surface area contributed by atoms with E-state index in [1.165, 1.54) is 36.7 Å². The average molecular weight is 772 g/mol. The number of aromatic nitrogens is 2. The number of aromatic amines is 1. The summed E-state index contributed by atoms with van der Waals surface area (Å²) in [7, 11) is 0. The van der Waals surface area contributed by atoms with E-state index in [2.05, 4.69) is 9.97 Å². The van der Waals surface area contributed by atoms with E-state index in [1.807, 2.05) is 12.1 Å². The van der Waals surface area contributed by atoms with Crippen LogP contribution >= 0.6 is 0 Å². The standard InChI is InChI=1S/C41H45N3O12/c45-20-33-36(50)37(51)38(52)40(56-33)55-32-17-28-25(16-31(32)48)26(18-41(12-4-1-5-13-41)27-6-2-3-7-30(27)47)35(39(53)54)44(28)34(49)11-9-22-8-10-29(46)23(14-22)15-24-19-42-21-43-24/h2-3,6-11,14,16-17,19,21,26,33,35-38,40,45-48,50-52H,1,4-5,12-13,15,18,20H2,(H,42,43)(H,53,54)/b11-9+/t26-,33-,35-,36-,37+,38-,40-/m1/s1. The van der Waals surface area contributed by atoms with Gasteiger partial charge in [-0.2, -0.15) is 0 Å². The van der Waals surface area contributed by atoms with Gasteiger partial charge in [-0.3, -0.25) is 9.69 Å². The van der Waals surface area contributed by atoms with Gasteiger partial charge in [-0.15, -0.1) is 0 Å². The lowest BCUT2D eigenvalue weighted by Gasteiger charge is -2.41. The van der Waals surface area contributed by atoms with Crippen molar-refractivity contribution in [3.8, 4) is 23.0 Å². The third-order valence-corrected chi connectivity index (χ3v) is 11.4. The maximum Gasteiger partial charge on any atom is 0.327 e. The Kier molecular flexibility index (Phi) is 11.1. The number of imidazole rings is 1. The van der Waals surface area contributed by atoms with Gasteiger partial charge in [0.2, 0.25) is 6.29 Å². The van der Waals surface area contributed by atoms with Gasteiger partial charge in [0.1, 0.15) is 42.0 Å². The van der Waals surface area contributed by atoms with Crippen LogP contribution in [0.25, 0.3) is 6.08 Å². The first-order valence-electron chi connectivity index (χ1n) is 18.6. The second kappa shape index (κ2) is 16.0. The van der Waals surface area contributed by atoms with Gasteiger partial charge in [0.05, 0.1) is 18.6 Å². The van der Waals surface area contributed by atoms with Crippen molar-refractivity contribution >= 4 is 23.6 Å². The largest absolute Gasteiger partial charge is 0.508 e. The molecule has 3 aromatic carbocycles. The lowest BCUT2D eigenvalue weighted by molar-refractivity contribution is -0.277. The highest BCUT2D eigenvalue weighted by atomic mass is 16.7. The molecule has 56 heavy (non-hydrogen) atoms. The topological polar surface area (TPSA) is 246 Å². The Morgan fingerprint density at radius 3 is 2.41 bits per heavy atom. The third-order valence-electron chi connectivity index (χ3n) is 11.4. The number of nitrogens with zero attached hydrogens (tertiary/aromatic N) is 2. The van der Waals surface area contributed by atoms with Crippen LogP contribution in [0.2, 0.25) is 0 Å². The molecule has 1 aliphatic carbocycles. The van der Waals surface area contributed by atoms with Crippen LogP contribution in [0.1, 0.15) is 72.4 Å². The Balaban J connectivity index is 1.29. The van der Waals surface area contributed by atoms with Crippen molar-refractivity contribution in [1.82, 2.24) is 9.97 Å². The molecule has 9 N–H and O–H groups in total. The SMILES string of the molecule is O=C(O)[C@H]1[C@H](CC2(c3ccccc3O)CCCCC2)c2cc(O)c(O[C@@H]3O[C@H](CO)[C@@H](O)[C@H](O)[C@H]3O)cc2N1C(=O)/C=C/c1ccc(O)c(Cc2cnc[nH]2)c1. The number of nitrogens with one attached hydrogen (secondary N) is 1. The predicted molar refractivity (Wildman–Crippen MR) is 200 cm³/mol. The number of anilines is 1. The number of fused-ring (bicyclic) bond motifs is 1. The van der Waals surface area contributed by atoms with Crippen molar-refractivity contribution < 1.29 is 59.9 Å². The number of para-hydroxylation sites is 1. The molecule has 3 aliphatic rings. The van der Waals surface area contributed by atoms with Crippen LogP contribution < -0.4 is 9.64 Å². The first-order chi connectivity index (χ1) is 26.9. The normalized spacial score (nSPS) is 25.9. The maximum atomic E-state index is 14.4. The molecule has 7 rings (SSSR count). The number of phenols is 3. The minimum Gasteiger partial charge on any atom is -0.508 e. The van der Waals surface area contributed by atoms with Crippen LogP contribution in [-0.2, 0) is 26.2 Å². The molecule has 0 unspecified atom stereocenters. The molecule has 0 radical (unpaired) electrons. The van der Waals surface area contributed by atoms with Crippen molar-refractivity contribution in [2.75, 3.05) is 11.5 Å². The number of H-pyrrole nitrogens is 1. The van der Waals surface area contributed by atoms with Crippen LogP contribution in [0.3, 0.4) is 0 Å². The highest BCUT2D eigenvalue weighted by Crippen LogP contribution is 2.55. The molecule has 1 amide bonds. The van der Waals surface area contributed by atoms with E-state index >= 15 is 0 Å². The summed E-state index contributed by atoms with van der Waals surface area (Å²) in [4.78, 5) is 35.9. The molecular weight excluding hydrogens is 726 g/mol. The van der Waals surface area contributed by atoms with Gasteiger partial charge in [-0.25, -0.2) is 9.78 Å². The lowest BCUT2D eigenvalue weighted by atomic mass is 9.63. The minimum atomic E-state index is -1.81. The van der Waals surface area contributed by atoms with E-state index in [0.717, 1.165) is 29.9 Å². The zero-order valence-corrected chi connectivity index (χ0v) is 30.3. The molecular formula is C41H45N3O12. The Morgan fingerprint density at radius 1 is 0.946 bits per heavy atom. The zero-order valence-electron chi connectivity index (χ0n) is 30.3. The fourth-order valence-electron chi connectivity index (χ4n) is 8.56. The maximum absolute atomic E-state index is 14.4. The first-order valence-corrected chi connectivity index (χ1v) is 18.6. The van der Waals surface area contributed by atoms with Crippen LogP contribution in [0.4, 0.5) is 5.69 Å². The number of carbonyl (C=O) groups excluding carboxylic acids is 1. The first kappa shape index (κ1) is 38.8. The number of hydrogen-bond donors (Lipinski definition) is 9. The molecule has 4 aromatic rings. The molecule has 15 heteroatoms. The van der Waals surface area contributed by atoms with Gasteiger partial charge in [-0.1, -0.05) is 43.5 Å². The minimum absolute atomic E-state index is 0.0400. The molecule has 2 fully saturated rings. The van der Waals surface area contributed by atoms with Gasteiger partial charge in [0.25, 0.3) is 5.91 Å². The fraction of sp³-hybridized carbons (Fsp3) is 0.390. The molecule has 15 nitrogen and oxygen atoms in total. The number of benzene rings is 3. The van der Waals surface area contributed by atoms with Gasteiger partial charge in [-0.05, 0) is 66.1 Å². The van der Waals surface area contributed by atoms with Crippen LogP contribution in [0.15, 0.2) is 73.2 Å². The Hall–Kier alpha value is -5.45. The number of hydrogen-bond acceptors (Lipinski definition) is 12. The van der Waals surface area contributed by atoms with Gasteiger partial charge >= 0.3 is 5.97 Å². The molecule has 0 bridgehead atoms. The number of carboxylic acid groups (broad SMARTS) is 1. The van der Waals surface area contributed by atoms with Gasteiger partial charge in [0.15, 0.2) is 11.5 Å². The quantitative estimate of drug-likeness (QED) is 0.0996. The number of carboxylic acids is 1. The summed E-state index contributed by atoms with van der Waals surface area (Å²) in [5.41, 5.74) is 2.32. The monoisotopic (exact) mass is 771 g/mol. The molecule has 0 spiro atoms. The second-order valence-corrected chi connectivity index (χ2v) is 14.8. The average Bonchev–Trinajstić information content (AvgIpc) is 3.81. The Bertz CT molecular complexity index is 2080. The van der Waals surface area contributed by atoms with Crippen molar-refractivity contribution in [1.29, 1.82) is 0 Å². The van der Waals surface area contributed by atoms with E-state index < -0.39 is 72.3 Å². The van der Waals surface area contributed by atoms with E-state index in [1.54, 1.807) is 30.5 Å². The molecule has 1 saturated heterocycles. The van der Waals surface area contributed by atoms with Crippen molar-refractivity contribution in [2.24, 2.45) is 0 Å². The van der Waals surface area contributed by atoms with Crippen molar-refractivity contribution in [3.05, 3.63) is 101 Å². The number of carbonyl (C=O) groups is 2. The van der Waals surface area contributed by atoms with Crippen LogP contribution in [0, 0.1) is 0 Å². The Labute approximate surface area is 321 Å².